The lowest BCUT2D eigenvalue weighted by atomic mass is 10.1. The smallest absolute Gasteiger partial charge is 0.293 e. The highest BCUT2D eigenvalue weighted by Crippen LogP contribution is 2.26. The summed E-state index contributed by atoms with van der Waals surface area (Å²) in [5.41, 5.74) is 11.7. The fourth-order valence-electron chi connectivity index (χ4n) is 2.83. The summed E-state index contributed by atoms with van der Waals surface area (Å²) in [5.74, 6) is 0.0921. The highest BCUT2D eigenvalue weighted by atomic mass is 32.2. The minimum absolute atomic E-state index is 0.0430. The van der Waals surface area contributed by atoms with Gasteiger partial charge in [-0.3, -0.25) is 4.79 Å². The predicted octanol–water partition coefficient (Wildman–Crippen LogP) is 2.99. The average Bonchev–Trinajstić information content (AvgIpc) is 3.43. The van der Waals surface area contributed by atoms with Gasteiger partial charge in [0.2, 0.25) is 11.6 Å². The number of rotatable bonds is 7. The molecule has 1 amide bonds. The van der Waals surface area contributed by atoms with Crippen LogP contribution >= 0.6 is 11.8 Å². The molecular weight excluding hydrogens is 428 g/mol. The number of benzene rings is 2. The van der Waals surface area contributed by atoms with Gasteiger partial charge in [0.15, 0.2) is 5.69 Å². The maximum Gasteiger partial charge on any atom is 0.293 e. The lowest BCUT2D eigenvalue weighted by Crippen LogP contribution is -2.21. The maximum absolute atomic E-state index is 12.9. The second-order valence-corrected chi connectivity index (χ2v) is 7.92. The molecule has 0 saturated carbocycles. The van der Waals surface area contributed by atoms with Crippen molar-refractivity contribution in [1.82, 2.24) is 30.7 Å². The number of aryl methyl sites for hydroxylation is 1. The number of nitrogens with one attached hydrogen (secondary N) is 1. The normalized spacial score (nSPS) is 11.5. The molecule has 0 aliphatic carbocycles. The molecule has 2 aromatic heterocycles. The molecule has 162 valence electrons. The van der Waals surface area contributed by atoms with Crippen molar-refractivity contribution in [3.8, 4) is 5.82 Å². The predicted molar refractivity (Wildman–Crippen MR) is 120 cm³/mol. The van der Waals surface area contributed by atoms with E-state index in [0.29, 0.717) is 17.2 Å². The molecule has 11 heteroatoms. The van der Waals surface area contributed by atoms with E-state index in [9.17, 15) is 4.79 Å². The molecular formula is C21H20N8O2S. The Morgan fingerprint density at radius 1 is 1.16 bits per heavy atom. The Kier molecular flexibility index (Phi) is 6.26. The molecule has 0 unspecified atom stereocenters. The Hall–Kier alpha value is -3.99. The van der Waals surface area contributed by atoms with Crippen molar-refractivity contribution >= 4 is 29.2 Å². The van der Waals surface area contributed by atoms with E-state index in [1.165, 1.54) is 16.4 Å². The lowest BCUT2D eigenvalue weighted by molar-refractivity contribution is 0.0949. The van der Waals surface area contributed by atoms with Gasteiger partial charge in [-0.15, -0.1) is 16.9 Å². The third-order valence-electron chi connectivity index (χ3n) is 4.59. The number of nitrogens with zero attached hydrogens (tertiary/aromatic N) is 6. The van der Waals surface area contributed by atoms with Gasteiger partial charge in [0.05, 0.1) is 11.4 Å². The number of hydrogen-bond donors (Lipinski definition) is 2. The van der Waals surface area contributed by atoms with E-state index in [1.807, 2.05) is 68.4 Å². The van der Waals surface area contributed by atoms with Crippen molar-refractivity contribution in [2.24, 2.45) is 5.10 Å². The molecule has 0 aliphatic rings. The van der Waals surface area contributed by atoms with E-state index in [1.54, 1.807) is 0 Å². The summed E-state index contributed by atoms with van der Waals surface area (Å²) >= 11 is 1.52. The first-order valence-electron chi connectivity index (χ1n) is 9.65. The monoisotopic (exact) mass is 448 g/mol. The van der Waals surface area contributed by atoms with E-state index in [-0.39, 0.29) is 17.3 Å². The molecule has 0 bridgehead atoms. The first-order valence-corrected chi connectivity index (χ1v) is 10.6. The number of hydrogen-bond acceptors (Lipinski definition) is 9. The van der Waals surface area contributed by atoms with Crippen molar-refractivity contribution in [2.75, 3.05) is 5.73 Å². The number of thioether (sulfide) groups is 1. The van der Waals surface area contributed by atoms with E-state index >= 15 is 0 Å². The van der Waals surface area contributed by atoms with Gasteiger partial charge < -0.3 is 5.73 Å². The summed E-state index contributed by atoms with van der Waals surface area (Å²) in [6, 6.07) is 17.6. The van der Waals surface area contributed by atoms with E-state index in [2.05, 4.69) is 35.8 Å². The third-order valence-corrected chi connectivity index (χ3v) is 5.61. The molecule has 0 atom stereocenters. The number of carbonyl (C=O) groups is 1. The van der Waals surface area contributed by atoms with Crippen LogP contribution in [-0.2, 0) is 5.75 Å². The molecule has 2 heterocycles. The van der Waals surface area contributed by atoms with Gasteiger partial charge in [-0.25, -0.2) is 10.1 Å². The van der Waals surface area contributed by atoms with Gasteiger partial charge in [0, 0.05) is 10.6 Å². The van der Waals surface area contributed by atoms with Crippen LogP contribution in [0.3, 0.4) is 0 Å². The Bertz CT molecular complexity index is 1250. The summed E-state index contributed by atoms with van der Waals surface area (Å²) in [6.45, 7) is 3.83. The van der Waals surface area contributed by atoms with Gasteiger partial charge in [0.25, 0.3) is 5.91 Å². The zero-order valence-electron chi connectivity index (χ0n) is 17.4. The van der Waals surface area contributed by atoms with Crippen LogP contribution in [-0.4, -0.2) is 36.9 Å². The molecule has 0 aliphatic heterocycles. The Morgan fingerprint density at radius 3 is 2.59 bits per heavy atom. The van der Waals surface area contributed by atoms with Crippen LogP contribution in [0.4, 0.5) is 5.82 Å². The van der Waals surface area contributed by atoms with Crippen molar-refractivity contribution in [2.45, 2.75) is 24.5 Å². The Balaban J connectivity index is 1.60. The zero-order valence-corrected chi connectivity index (χ0v) is 18.2. The zero-order chi connectivity index (χ0) is 22.5. The molecule has 0 fully saturated rings. The molecule has 32 heavy (non-hydrogen) atoms. The average molecular weight is 449 g/mol. The van der Waals surface area contributed by atoms with Crippen molar-refractivity contribution < 1.29 is 9.42 Å². The highest BCUT2D eigenvalue weighted by Gasteiger charge is 2.24. The molecule has 3 N–H and O–H groups in total. The number of anilines is 1. The number of amides is 1. The molecule has 0 radical (unpaired) electrons. The van der Waals surface area contributed by atoms with Crippen LogP contribution in [0.25, 0.3) is 5.82 Å². The molecule has 4 rings (SSSR count). The topological polar surface area (TPSA) is 137 Å². The number of carbonyl (C=O) groups excluding carboxylic acids is 1. The maximum atomic E-state index is 12.9. The number of nitrogen functional groups attached to an aromatic ring is 1. The van der Waals surface area contributed by atoms with E-state index < -0.39 is 5.91 Å². The number of aromatic nitrogens is 5. The first kappa shape index (κ1) is 21.2. The largest absolute Gasteiger partial charge is 0.378 e. The van der Waals surface area contributed by atoms with Gasteiger partial charge in [0.1, 0.15) is 0 Å². The summed E-state index contributed by atoms with van der Waals surface area (Å²) in [6.07, 6.45) is 0. The highest BCUT2D eigenvalue weighted by molar-refractivity contribution is 7.98. The fourth-order valence-corrected chi connectivity index (χ4v) is 3.72. The van der Waals surface area contributed by atoms with E-state index in [4.69, 9.17) is 5.73 Å². The SMILES string of the molecule is C/C(=N\NC(=O)c1nnn(-c2nonc2N)c1CSc1ccc(C)cc1)c1ccccc1. The second-order valence-electron chi connectivity index (χ2n) is 6.88. The lowest BCUT2D eigenvalue weighted by Gasteiger charge is -2.06. The molecule has 0 saturated heterocycles. The minimum atomic E-state index is -0.499. The van der Waals surface area contributed by atoms with Gasteiger partial charge in [-0.1, -0.05) is 53.2 Å². The third kappa shape index (κ3) is 4.67. The van der Waals surface area contributed by atoms with Gasteiger partial charge in [-0.05, 0) is 41.9 Å². The van der Waals surface area contributed by atoms with Crippen molar-refractivity contribution in [3.63, 3.8) is 0 Å². The standard InChI is InChI=1S/C21H20N8O2S/c1-13-8-10-16(11-9-13)32-12-17-18(24-28-29(17)20-19(22)26-31-27-20)21(30)25-23-14(2)15-6-4-3-5-7-15/h3-11H,12H2,1-2H3,(H2,22,26)(H,25,30)/b23-14+. The van der Waals surface area contributed by atoms with Gasteiger partial charge in [-0.2, -0.15) is 9.78 Å². The van der Waals surface area contributed by atoms with Crippen LogP contribution in [0.2, 0.25) is 0 Å². The summed E-state index contributed by atoms with van der Waals surface area (Å²) in [7, 11) is 0. The number of nitrogens with two attached hydrogens (primary N) is 1. The molecule has 0 spiro atoms. The molecule has 4 aromatic rings. The van der Waals surface area contributed by atoms with Crippen LogP contribution < -0.4 is 11.2 Å². The van der Waals surface area contributed by atoms with Gasteiger partial charge >= 0.3 is 0 Å². The van der Waals surface area contributed by atoms with E-state index in [0.717, 1.165) is 16.0 Å². The molecule has 2 aromatic carbocycles. The number of hydrazone groups is 1. The van der Waals surface area contributed by atoms with Crippen LogP contribution in [0, 0.1) is 6.92 Å². The Morgan fingerprint density at radius 2 is 1.91 bits per heavy atom. The summed E-state index contributed by atoms with van der Waals surface area (Å²) < 4.78 is 6.04. The minimum Gasteiger partial charge on any atom is -0.378 e. The molecule has 10 nitrogen and oxygen atoms in total. The van der Waals surface area contributed by atoms with Crippen molar-refractivity contribution in [1.29, 1.82) is 0 Å². The van der Waals surface area contributed by atoms with Crippen LogP contribution in [0.15, 0.2) is 69.2 Å². The summed E-state index contributed by atoms with van der Waals surface area (Å²) in [5, 5.41) is 19.7. The fraction of sp³-hybridized carbons (Fsp3) is 0.143. The summed E-state index contributed by atoms with van der Waals surface area (Å²) in [4.78, 5) is 13.9. The Labute approximate surface area is 187 Å². The van der Waals surface area contributed by atoms with Crippen molar-refractivity contribution in [3.05, 3.63) is 77.1 Å². The quantitative estimate of drug-likeness (QED) is 0.250. The van der Waals surface area contributed by atoms with Crippen LogP contribution in [0.5, 0.6) is 0 Å². The second kappa shape index (κ2) is 9.43. The van der Waals surface area contributed by atoms with Crippen LogP contribution in [0.1, 0.15) is 34.2 Å². The first-order chi connectivity index (χ1) is 15.5.